The normalized spacial score (nSPS) is 15.6. The van der Waals surface area contributed by atoms with Gasteiger partial charge in [0.05, 0.1) is 12.3 Å². The van der Waals surface area contributed by atoms with Crippen molar-refractivity contribution >= 4 is 5.69 Å². The quantitative estimate of drug-likeness (QED) is 0.623. The molecule has 1 aliphatic rings. The second-order valence-electron chi connectivity index (χ2n) is 2.76. The van der Waals surface area contributed by atoms with Crippen LogP contribution in [0.3, 0.4) is 0 Å². The zero-order valence-electron chi connectivity index (χ0n) is 6.95. The summed E-state index contributed by atoms with van der Waals surface area (Å²) in [5.41, 5.74) is 2.18. The summed E-state index contributed by atoms with van der Waals surface area (Å²) >= 11 is 0. The number of aryl methyl sites for hydroxylation is 1. The smallest absolute Gasteiger partial charge is 0.0952 e. The van der Waals surface area contributed by atoms with Gasteiger partial charge in [0.15, 0.2) is 0 Å². The second-order valence-corrected chi connectivity index (χ2v) is 2.76. The average molecular weight is 160 g/mol. The fourth-order valence-corrected chi connectivity index (χ4v) is 1.15. The molecule has 1 aromatic rings. The van der Waals surface area contributed by atoms with Crippen LogP contribution in [0.25, 0.3) is 0 Å². The van der Waals surface area contributed by atoms with Crippen LogP contribution in [-0.2, 0) is 4.84 Å². The van der Waals surface area contributed by atoms with Crippen molar-refractivity contribution in [1.29, 1.82) is 0 Å². The lowest BCUT2D eigenvalue weighted by molar-refractivity contribution is 0.180. The Kier molecular flexibility index (Phi) is 1.84. The van der Waals surface area contributed by atoms with Crippen LogP contribution in [0.2, 0.25) is 0 Å². The summed E-state index contributed by atoms with van der Waals surface area (Å²) in [7, 11) is 0. The standard InChI is InChI=1S/C10H10NO/c1-9-4-2-5-10(8-9)11-6-3-7-12-11/h2-4,6,8H,7H2,1H3. The van der Waals surface area contributed by atoms with Gasteiger partial charge in [0.1, 0.15) is 0 Å². The first-order valence-electron chi connectivity index (χ1n) is 3.93. The Labute approximate surface area is 72.0 Å². The van der Waals surface area contributed by atoms with E-state index >= 15 is 0 Å². The van der Waals surface area contributed by atoms with E-state index in [-0.39, 0.29) is 0 Å². The molecule has 0 N–H and O–H groups in total. The van der Waals surface area contributed by atoms with Gasteiger partial charge >= 0.3 is 0 Å². The lowest BCUT2D eigenvalue weighted by Crippen LogP contribution is -2.10. The van der Waals surface area contributed by atoms with Crippen LogP contribution in [0.5, 0.6) is 0 Å². The first kappa shape index (κ1) is 7.37. The molecule has 0 atom stereocenters. The van der Waals surface area contributed by atoms with Gasteiger partial charge in [-0.15, -0.1) is 0 Å². The van der Waals surface area contributed by atoms with E-state index in [1.165, 1.54) is 5.56 Å². The minimum absolute atomic E-state index is 0.655. The molecule has 1 radical (unpaired) electrons. The summed E-state index contributed by atoms with van der Waals surface area (Å²) in [5.74, 6) is 0. The van der Waals surface area contributed by atoms with Crippen LogP contribution < -0.4 is 5.06 Å². The zero-order chi connectivity index (χ0) is 8.39. The van der Waals surface area contributed by atoms with E-state index in [2.05, 4.69) is 13.0 Å². The summed E-state index contributed by atoms with van der Waals surface area (Å²) in [5, 5.41) is 1.73. The molecule has 1 aliphatic heterocycles. The van der Waals surface area contributed by atoms with E-state index in [0.717, 1.165) is 5.69 Å². The zero-order valence-corrected chi connectivity index (χ0v) is 6.95. The van der Waals surface area contributed by atoms with E-state index in [1.807, 2.05) is 30.5 Å². The van der Waals surface area contributed by atoms with Crippen LogP contribution in [0.15, 0.2) is 30.5 Å². The molecule has 12 heavy (non-hydrogen) atoms. The number of rotatable bonds is 1. The van der Waals surface area contributed by atoms with Crippen molar-refractivity contribution in [3.63, 3.8) is 0 Å². The maximum absolute atomic E-state index is 5.28. The Morgan fingerprint density at radius 1 is 1.58 bits per heavy atom. The first-order chi connectivity index (χ1) is 5.86. The third-order valence-electron chi connectivity index (χ3n) is 1.73. The molecular formula is C10H10NO. The maximum Gasteiger partial charge on any atom is 0.0952 e. The predicted octanol–water partition coefficient (Wildman–Crippen LogP) is 2.06. The van der Waals surface area contributed by atoms with E-state index in [9.17, 15) is 0 Å². The Morgan fingerprint density at radius 2 is 2.50 bits per heavy atom. The van der Waals surface area contributed by atoms with Crippen molar-refractivity contribution < 1.29 is 4.84 Å². The van der Waals surface area contributed by atoms with Gasteiger partial charge in [-0.25, -0.2) is 5.06 Å². The van der Waals surface area contributed by atoms with Crippen LogP contribution in [0, 0.1) is 13.0 Å². The predicted molar refractivity (Wildman–Crippen MR) is 47.6 cm³/mol. The molecule has 0 amide bonds. The highest BCUT2D eigenvalue weighted by molar-refractivity contribution is 5.48. The second kappa shape index (κ2) is 2.99. The Hall–Kier alpha value is -1.28. The van der Waals surface area contributed by atoms with Crippen molar-refractivity contribution in [3.8, 4) is 0 Å². The van der Waals surface area contributed by atoms with Crippen molar-refractivity contribution in [3.05, 3.63) is 42.1 Å². The summed E-state index contributed by atoms with van der Waals surface area (Å²) in [6.07, 6.45) is 3.88. The highest BCUT2D eigenvalue weighted by Gasteiger charge is 2.06. The molecule has 0 aliphatic carbocycles. The summed E-state index contributed by atoms with van der Waals surface area (Å²) in [4.78, 5) is 5.28. The molecular weight excluding hydrogens is 150 g/mol. The number of nitrogens with zero attached hydrogens (tertiary/aromatic N) is 1. The molecule has 0 aromatic heterocycles. The molecule has 1 heterocycles. The monoisotopic (exact) mass is 160 g/mol. The minimum atomic E-state index is 0.655. The molecule has 0 spiro atoms. The Balaban J connectivity index is 2.27. The highest BCUT2D eigenvalue weighted by atomic mass is 16.7. The van der Waals surface area contributed by atoms with Gasteiger partial charge in [-0.1, -0.05) is 12.1 Å². The molecule has 0 unspecified atom stereocenters. The molecule has 0 saturated carbocycles. The van der Waals surface area contributed by atoms with Crippen molar-refractivity contribution in [2.75, 3.05) is 11.7 Å². The minimum Gasteiger partial charge on any atom is -0.265 e. The number of benzene rings is 1. The van der Waals surface area contributed by atoms with E-state index in [0.29, 0.717) is 6.61 Å². The van der Waals surface area contributed by atoms with Gasteiger partial charge in [0.25, 0.3) is 0 Å². The topological polar surface area (TPSA) is 12.5 Å². The summed E-state index contributed by atoms with van der Waals surface area (Å²) in [6, 6.07) is 9.06. The van der Waals surface area contributed by atoms with E-state index < -0.39 is 0 Å². The molecule has 2 heteroatoms. The Morgan fingerprint density at radius 3 is 3.17 bits per heavy atom. The highest BCUT2D eigenvalue weighted by Crippen LogP contribution is 2.18. The summed E-state index contributed by atoms with van der Waals surface area (Å²) < 4.78 is 0. The van der Waals surface area contributed by atoms with Crippen LogP contribution in [0.4, 0.5) is 5.69 Å². The number of anilines is 1. The average Bonchev–Trinajstić information content (AvgIpc) is 2.56. The molecule has 0 fully saturated rings. The SMILES string of the molecule is Cc1cc[c]c(N2C=CCO2)c1. The maximum atomic E-state index is 5.28. The molecule has 0 bridgehead atoms. The van der Waals surface area contributed by atoms with Crippen LogP contribution in [0.1, 0.15) is 5.56 Å². The van der Waals surface area contributed by atoms with Gasteiger partial charge < -0.3 is 0 Å². The van der Waals surface area contributed by atoms with Crippen molar-refractivity contribution in [2.24, 2.45) is 0 Å². The summed E-state index contributed by atoms with van der Waals surface area (Å²) in [6.45, 7) is 2.71. The van der Waals surface area contributed by atoms with Gasteiger partial charge in [-0.05, 0) is 24.6 Å². The third-order valence-corrected chi connectivity index (χ3v) is 1.73. The lowest BCUT2D eigenvalue weighted by Gasteiger charge is -2.13. The Bertz CT molecular complexity index is 306. The van der Waals surface area contributed by atoms with E-state index in [1.54, 1.807) is 5.06 Å². The fraction of sp³-hybridized carbons (Fsp3) is 0.200. The molecule has 2 rings (SSSR count). The van der Waals surface area contributed by atoms with Gasteiger partial charge in [-0.3, -0.25) is 4.84 Å². The van der Waals surface area contributed by atoms with E-state index in [4.69, 9.17) is 4.84 Å². The number of hydrogen-bond acceptors (Lipinski definition) is 2. The molecule has 0 saturated heterocycles. The van der Waals surface area contributed by atoms with Crippen LogP contribution in [-0.4, -0.2) is 6.61 Å². The van der Waals surface area contributed by atoms with Crippen molar-refractivity contribution in [1.82, 2.24) is 0 Å². The van der Waals surface area contributed by atoms with Gasteiger partial charge in [0, 0.05) is 12.3 Å². The third kappa shape index (κ3) is 1.34. The largest absolute Gasteiger partial charge is 0.265 e. The van der Waals surface area contributed by atoms with Crippen molar-refractivity contribution in [2.45, 2.75) is 6.92 Å². The molecule has 2 nitrogen and oxygen atoms in total. The first-order valence-corrected chi connectivity index (χ1v) is 3.93. The fourth-order valence-electron chi connectivity index (χ4n) is 1.15. The lowest BCUT2D eigenvalue weighted by atomic mass is 10.2. The number of hydroxylamine groups is 1. The molecule has 61 valence electrons. The molecule has 1 aromatic carbocycles. The van der Waals surface area contributed by atoms with Crippen LogP contribution >= 0.6 is 0 Å². The van der Waals surface area contributed by atoms with Gasteiger partial charge in [-0.2, -0.15) is 0 Å². The van der Waals surface area contributed by atoms with Gasteiger partial charge in [0.2, 0.25) is 0 Å². The number of hydrogen-bond donors (Lipinski definition) is 0.